The normalized spacial score (nSPS) is 13.6. The number of anilines is 1. The number of aryl methyl sites for hydroxylation is 1. The first-order valence-electron chi connectivity index (χ1n) is 8.69. The van der Waals surface area contributed by atoms with Gasteiger partial charge in [0.05, 0.1) is 18.8 Å². The van der Waals surface area contributed by atoms with Gasteiger partial charge in [0.15, 0.2) is 11.2 Å². The van der Waals surface area contributed by atoms with Crippen LogP contribution in [0.15, 0.2) is 51.1 Å². The summed E-state index contributed by atoms with van der Waals surface area (Å²) < 4.78 is 4.27. The van der Waals surface area contributed by atoms with Gasteiger partial charge in [-0.05, 0) is 24.6 Å². The lowest BCUT2D eigenvalue weighted by molar-refractivity contribution is 0.702. The quantitative estimate of drug-likeness (QED) is 0.631. The lowest BCUT2D eigenvalue weighted by atomic mass is 10.1. The van der Waals surface area contributed by atoms with E-state index in [0.717, 1.165) is 21.4 Å². The molecule has 0 radical (unpaired) electrons. The molecule has 0 amide bonds. The van der Waals surface area contributed by atoms with Gasteiger partial charge in [0.25, 0.3) is 5.56 Å². The molecule has 8 nitrogen and oxygen atoms in total. The fourth-order valence-corrected chi connectivity index (χ4v) is 3.43. The first kappa shape index (κ1) is 18.2. The number of halogens is 1. The smallest absolute Gasteiger partial charge is 0.297 e. The average Bonchev–Trinajstić information content (AvgIpc) is 3.05. The zero-order valence-corrected chi connectivity index (χ0v) is 16.6. The fourth-order valence-electron chi connectivity index (χ4n) is 3.31. The Hall–Kier alpha value is -3.13. The van der Waals surface area contributed by atoms with Crippen LogP contribution < -0.4 is 16.3 Å². The Labute approximate surface area is 165 Å². The summed E-state index contributed by atoms with van der Waals surface area (Å²) in [6.45, 7) is 6.65. The third-order valence-corrected chi connectivity index (χ3v) is 4.96. The van der Waals surface area contributed by atoms with Crippen LogP contribution in [0.4, 0.5) is 5.95 Å². The molecule has 1 aliphatic rings. The van der Waals surface area contributed by atoms with E-state index in [-0.39, 0.29) is 5.56 Å². The summed E-state index contributed by atoms with van der Waals surface area (Å²) in [5, 5.41) is 7.07. The summed E-state index contributed by atoms with van der Waals surface area (Å²) >= 11 is 6.01. The van der Waals surface area contributed by atoms with E-state index < -0.39 is 5.69 Å². The van der Waals surface area contributed by atoms with Crippen molar-refractivity contribution < 1.29 is 0 Å². The van der Waals surface area contributed by atoms with E-state index in [1.807, 2.05) is 19.1 Å². The van der Waals surface area contributed by atoms with Crippen LogP contribution in [0.5, 0.6) is 0 Å². The van der Waals surface area contributed by atoms with Gasteiger partial charge in [-0.25, -0.2) is 9.80 Å². The number of rotatable bonds is 3. The Kier molecular flexibility index (Phi) is 4.23. The van der Waals surface area contributed by atoms with E-state index >= 15 is 0 Å². The largest absolute Gasteiger partial charge is 0.332 e. The molecule has 0 atom stereocenters. The highest BCUT2D eigenvalue weighted by molar-refractivity contribution is 6.30. The van der Waals surface area contributed by atoms with Crippen LogP contribution in [-0.2, 0) is 20.6 Å². The van der Waals surface area contributed by atoms with Gasteiger partial charge in [-0.15, -0.1) is 0 Å². The Morgan fingerprint density at radius 1 is 1.18 bits per heavy atom. The maximum atomic E-state index is 12.8. The highest BCUT2D eigenvalue weighted by atomic mass is 35.5. The van der Waals surface area contributed by atoms with Gasteiger partial charge in [0.2, 0.25) is 5.95 Å². The molecular weight excluding hydrogens is 380 g/mol. The minimum Gasteiger partial charge on any atom is -0.297 e. The van der Waals surface area contributed by atoms with Gasteiger partial charge < -0.3 is 0 Å². The minimum atomic E-state index is -0.418. The van der Waals surface area contributed by atoms with Crippen molar-refractivity contribution in [1.82, 2.24) is 18.7 Å². The first-order valence-corrected chi connectivity index (χ1v) is 9.07. The molecule has 3 heterocycles. The molecule has 0 aliphatic carbocycles. The SMILES string of the molecule is C=C(C)CN1N=C(c2ccc(Cl)cc2)Cn2c1nc1c2c(=O)n(C)c(=O)n1C. The minimum absolute atomic E-state index is 0.336. The molecule has 0 bridgehead atoms. The van der Waals surface area contributed by atoms with Crippen molar-refractivity contribution in [1.29, 1.82) is 0 Å². The lowest BCUT2D eigenvalue weighted by Crippen LogP contribution is -2.38. The molecule has 0 spiro atoms. The number of hydrogen-bond donors (Lipinski definition) is 0. The topological polar surface area (TPSA) is 77.4 Å². The molecule has 2 aromatic heterocycles. The van der Waals surface area contributed by atoms with Crippen LogP contribution in [-0.4, -0.2) is 30.9 Å². The molecule has 0 saturated heterocycles. The van der Waals surface area contributed by atoms with E-state index in [1.165, 1.54) is 11.6 Å². The molecule has 1 aliphatic heterocycles. The summed E-state index contributed by atoms with van der Waals surface area (Å²) in [6, 6.07) is 7.37. The molecule has 144 valence electrons. The zero-order chi connectivity index (χ0) is 20.2. The monoisotopic (exact) mass is 398 g/mol. The second kappa shape index (κ2) is 6.49. The van der Waals surface area contributed by atoms with Gasteiger partial charge in [-0.2, -0.15) is 10.1 Å². The van der Waals surface area contributed by atoms with Crippen LogP contribution in [0, 0.1) is 0 Å². The number of benzene rings is 1. The lowest BCUT2D eigenvalue weighted by Gasteiger charge is -2.26. The Morgan fingerprint density at radius 2 is 1.86 bits per heavy atom. The highest BCUT2D eigenvalue weighted by Gasteiger charge is 2.27. The van der Waals surface area contributed by atoms with Crippen LogP contribution in [0.25, 0.3) is 11.2 Å². The highest BCUT2D eigenvalue weighted by Crippen LogP contribution is 2.26. The summed E-state index contributed by atoms with van der Waals surface area (Å²) in [5.41, 5.74) is 2.45. The summed E-state index contributed by atoms with van der Waals surface area (Å²) in [6.07, 6.45) is 0. The number of nitrogens with zero attached hydrogens (tertiary/aromatic N) is 6. The summed E-state index contributed by atoms with van der Waals surface area (Å²) in [5.74, 6) is 0.508. The van der Waals surface area contributed by atoms with Crippen LogP contribution >= 0.6 is 11.6 Å². The van der Waals surface area contributed by atoms with E-state index in [9.17, 15) is 9.59 Å². The number of fused-ring (bicyclic) bond motifs is 3. The zero-order valence-electron chi connectivity index (χ0n) is 15.8. The van der Waals surface area contributed by atoms with Crippen molar-refractivity contribution in [2.45, 2.75) is 13.5 Å². The molecule has 0 saturated carbocycles. The Bertz CT molecular complexity index is 1260. The standard InChI is InChI=1S/C19H19ClN6O2/c1-11(2)9-26-18-21-16-15(17(27)24(4)19(28)23(16)3)25(18)10-14(22-26)12-5-7-13(20)8-6-12/h5-8H,1,9-10H2,2-4H3. The van der Waals surface area contributed by atoms with Crippen molar-refractivity contribution in [3.05, 3.63) is 67.8 Å². The molecule has 28 heavy (non-hydrogen) atoms. The van der Waals surface area contributed by atoms with Crippen LogP contribution in [0.3, 0.4) is 0 Å². The maximum Gasteiger partial charge on any atom is 0.332 e. The second-order valence-corrected chi connectivity index (χ2v) is 7.38. The van der Waals surface area contributed by atoms with Gasteiger partial charge in [0.1, 0.15) is 0 Å². The van der Waals surface area contributed by atoms with Crippen molar-refractivity contribution in [3.8, 4) is 0 Å². The first-order chi connectivity index (χ1) is 13.3. The number of hydrogen-bond acceptors (Lipinski definition) is 5. The molecule has 4 rings (SSSR count). The third-order valence-electron chi connectivity index (χ3n) is 4.71. The average molecular weight is 399 g/mol. The maximum absolute atomic E-state index is 12.8. The van der Waals surface area contributed by atoms with Gasteiger partial charge >= 0.3 is 5.69 Å². The summed E-state index contributed by atoms with van der Waals surface area (Å²) in [7, 11) is 3.07. The molecule has 3 aromatic rings. The molecule has 0 unspecified atom stereocenters. The van der Waals surface area contributed by atoms with E-state index in [4.69, 9.17) is 16.7 Å². The van der Waals surface area contributed by atoms with E-state index in [0.29, 0.717) is 35.2 Å². The van der Waals surface area contributed by atoms with Crippen molar-refractivity contribution in [2.75, 3.05) is 11.6 Å². The predicted octanol–water partition coefficient (Wildman–Crippen LogP) is 1.89. The van der Waals surface area contributed by atoms with Crippen LogP contribution in [0.1, 0.15) is 12.5 Å². The molecule has 1 aromatic carbocycles. The Balaban J connectivity index is 1.98. The van der Waals surface area contributed by atoms with E-state index in [2.05, 4.69) is 11.6 Å². The van der Waals surface area contributed by atoms with Crippen molar-refractivity contribution in [3.63, 3.8) is 0 Å². The van der Waals surface area contributed by atoms with Gasteiger partial charge in [0, 0.05) is 19.1 Å². The molecule has 0 fully saturated rings. The van der Waals surface area contributed by atoms with Crippen molar-refractivity contribution >= 4 is 34.4 Å². The van der Waals surface area contributed by atoms with E-state index in [1.54, 1.807) is 28.8 Å². The van der Waals surface area contributed by atoms with Crippen molar-refractivity contribution in [2.24, 2.45) is 19.2 Å². The van der Waals surface area contributed by atoms with Gasteiger partial charge in [-0.1, -0.05) is 35.9 Å². The Morgan fingerprint density at radius 3 is 2.50 bits per heavy atom. The van der Waals surface area contributed by atoms with Gasteiger partial charge in [-0.3, -0.25) is 18.5 Å². The number of hydrazone groups is 1. The second-order valence-electron chi connectivity index (χ2n) is 6.94. The molecular formula is C19H19ClN6O2. The summed E-state index contributed by atoms with van der Waals surface area (Å²) in [4.78, 5) is 29.7. The molecule has 9 heteroatoms. The third kappa shape index (κ3) is 2.77. The predicted molar refractivity (Wildman–Crippen MR) is 110 cm³/mol. The number of imidazole rings is 1. The fraction of sp³-hybridized carbons (Fsp3) is 0.263. The number of aromatic nitrogens is 4. The molecule has 0 N–H and O–H groups in total. The van der Waals surface area contributed by atoms with Crippen LogP contribution in [0.2, 0.25) is 5.02 Å².